The molecular formula is C18H18Cl2N2O5S. The van der Waals surface area contributed by atoms with Gasteiger partial charge in [0.25, 0.3) is 5.91 Å². The van der Waals surface area contributed by atoms with E-state index >= 15 is 0 Å². The Balaban J connectivity index is 1.90. The van der Waals surface area contributed by atoms with E-state index in [1.54, 1.807) is 31.4 Å². The van der Waals surface area contributed by atoms with Crippen LogP contribution in [-0.2, 0) is 14.8 Å². The summed E-state index contributed by atoms with van der Waals surface area (Å²) in [6.07, 6.45) is 0. The van der Waals surface area contributed by atoms with Gasteiger partial charge in [-0.1, -0.05) is 23.2 Å². The number of ether oxygens (including phenoxy) is 2. The van der Waals surface area contributed by atoms with E-state index in [0.717, 1.165) is 0 Å². The zero-order chi connectivity index (χ0) is 20.3. The van der Waals surface area contributed by atoms with Crippen LogP contribution in [0.3, 0.4) is 0 Å². The van der Waals surface area contributed by atoms with Gasteiger partial charge in [-0.2, -0.15) is 4.31 Å². The van der Waals surface area contributed by atoms with Crippen molar-refractivity contribution in [3.8, 4) is 5.75 Å². The molecule has 10 heteroatoms. The van der Waals surface area contributed by atoms with Gasteiger partial charge < -0.3 is 14.8 Å². The number of carbonyl (C=O) groups is 1. The number of anilines is 1. The fourth-order valence-corrected chi connectivity index (χ4v) is 4.88. The number of rotatable bonds is 5. The van der Waals surface area contributed by atoms with E-state index in [0.29, 0.717) is 24.7 Å². The fourth-order valence-electron chi connectivity index (χ4n) is 2.69. The number of carbonyl (C=O) groups excluding carboxylic acids is 1. The summed E-state index contributed by atoms with van der Waals surface area (Å²) in [5.74, 6) is 0.133. The molecule has 0 aromatic heterocycles. The second-order valence-corrected chi connectivity index (χ2v) is 8.66. The summed E-state index contributed by atoms with van der Waals surface area (Å²) in [5, 5.41) is 2.56. The lowest BCUT2D eigenvalue weighted by molar-refractivity contribution is 0.0730. The van der Waals surface area contributed by atoms with Gasteiger partial charge in [0.05, 0.1) is 30.4 Å². The average molecular weight is 445 g/mol. The van der Waals surface area contributed by atoms with Crippen molar-refractivity contribution in [2.75, 3.05) is 38.7 Å². The van der Waals surface area contributed by atoms with E-state index in [1.807, 2.05) is 0 Å². The molecule has 1 N–H and O–H groups in total. The number of morpholine rings is 1. The average Bonchev–Trinajstić information content (AvgIpc) is 2.71. The first kappa shape index (κ1) is 20.9. The Kier molecular flexibility index (Phi) is 6.47. The third-order valence-electron chi connectivity index (χ3n) is 4.19. The van der Waals surface area contributed by atoms with Crippen molar-refractivity contribution in [3.63, 3.8) is 0 Å². The number of amides is 1. The second kappa shape index (κ2) is 8.67. The summed E-state index contributed by atoms with van der Waals surface area (Å²) in [7, 11) is -2.37. The summed E-state index contributed by atoms with van der Waals surface area (Å²) >= 11 is 12.3. The zero-order valence-electron chi connectivity index (χ0n) is 14.9. The lowest BCUT2D eigenvalue weighted by Crippen LogP contribution is -2.40. The van der Waals surface area contributed by atoms with Crippen molar-refractivity contribution in [2.45, 2.75) is 4.90 Å². The van der Waals surface area contributed by atoms with E-state index in [1.165, 1.54) is 16.4 Å². The van der Waals surface area contributed by atoms with Crippen molar-refractivity contribution >= 4 is 44.8 Å². The molecule has 0 bridgehead atoms. The normalized spacial score (nSPS) is 15.2. The molecular weight excluding hydrogens is 427 g/mol. The number of hydrogen-bond acceptors (Lipinski definition) is 5. The fraction of sp³-hybridized carbons (Fsp3) is 0.278. The topological polar surface area (TPSA) is 84.9 Å². The van der Waals surface area contributed by atoms with Crippen LogP contribution in [0.25, 0.3) is 0 Å². The molecule has 0 spiro atoms. The van der Waals surface area contributed by atoms with Gasteiger partial charge in [0.15, 0.2) is 0 Å². The maximum Gasteiger partial charge on any atom is 0.255 e. The minimum atomic E-state index is -3.91. The third-order valence-corrected chi connectivity index (χ3v) is 7.03. The second-order valence-electron chi connectivity index (χ2n) is 5.97. The summed E-state index contributed by atoms with van der Waals surface area (Å²) in [4.78, 5) is 12.4. The number of hydrogen-bond donors (Lipinski definition) is 1. The maximum absolute atomic E-state index is 12.9. The molecule has 1 saturated heterocycles. The van der Waals surface area contributed by atoms with Crippen molar-refractivity contribution in [1.82, 2.24) is 4.31 Å². The molecule has 28 heavy (non-hydrogen) atoms. The molecule has 1 amide bonds. The van der Waals surface area contributed by atoms with E-state index in [4.69, 9.17) is 32.7 Å². The quantitative estimate of drug-likeness (QED) is 0.764. The van der Waals surface area contributed by atoms with E-state index in [-0.39, 0.29) is 33.6 Å². The molecule has 150 valence electrons. The number of sulfonamides is 1. The number of nitrogens with zero attached hydrogens (tertiary/aromatic N) is 1. The highest BCUT2D eigenvalue weighted by atomic mass is 35.5. The molecule has 1 aliphatic heterocycles. The monoisotopic (exact) mass is 444 g/mol. The van der Waals surface area contributed by atoms with Crippen LogP contribution in [-0.4, -0.2) is 52.0 Å². The van der Waals surface area contributed by atoms with Crippen LogP contribution in [0.1, 0.15) is 10.4 Å². The number of halogens is 2. The maximum atomic E-state index is 12.9. The van der Waals surface area contributed by atoms with Crippen LogP contribution in [0.5, 0.6) is 5.75 Å². The first-order valence-electron chi connectivity index (χ1n) is 8.35. The molecule has 0 radical (unpaired) electrons. The molecule has 2 aromatic rings. The first-order chi connectivity index (χ1) is 13.3. The molecule has 7 nitrogen and oxygen atoms in total. The minimum Gasteiger partial charge on any atom is -0.497 e. The summed E-state index contributed by atoms with van der Waals surface area (Å²) in [6, 6.07) is 9.29. The molecule has 0 atom stereocenters. The smallest absolute Gasteiger partial charge is 0.255 e. The lowest BCUT2D eigenvalue weighted by atomic mass is 10.2. The largest absolute Gasteiger partial charge is 0.497 e. The Morgan fingerprint density at radius 3 is 2.39 bits per heavy atom. The van der Waals surface area contributed by atoms with Gasteiger partial charge in [-0.3, -0.25) is 4.79 Å². The first-order valence-corrected chi connectivity index (χ1v) is 10.5. The van der Waals surface area contributed by atoms with Gasteiger partial charge in [0.1, 0.15) is 10.6 Å². The predicted octanol–water partition coefficient (Wildman–Crippen LogP) is 3.28. The van der Waals surface area contributed by atoms with Crippen LogP contribution in [0.2, 0.25) is 10.0 Å². The van der Waals surface area contributed by atoms with Gasteiger partial charge in [0, 0.05) is 24.3 Å². The standard InChI is InChI=1S/C18H18Cl2N2O5S/c1-26-14-4-2-13(3-5-14)21-18(23)12-10-15(19)17(20)16(11-12)28(24,25)22-6-8-27-9-7-22/h2-5,10-11H,6-9H2,1H3,(H,21,23). The van der Waals surface area contributed by atoms with Crippen molar-refractivity contribution in [2.24, 2.45) is 0 Å². The molecule has 1 aliphatic rings. The Labute approximate surface area is 173 Å². The molecule has 0 saturated carbocycles. The summed E-state index contributed by atoms with van der Waals surface area (Å²) < 4.78 is 37.4. The van der Waals surface area contributed by atoms with Crippen molar-refractivity contribution in [3.05, 3.63) is 52.0 Å². The Hall–Kier alpha value is -1.84. The van der Waals surface area contributed by atoms with Gasteiger partial charge in [0.2, 0.25) is 10.0 Å². The number of methoxy groups -OCH3 is 1. The molecule has 3 rings (SSSR count). The lowest BCUT2D eigenvalue weighted by Gasteiger charge is -2.26. The predicted molar refractivity (Wildman–Crippen MR) is 107 cm³/mol. The van der Waals surface area contributed by atoms with Crippen LogP contribution in [0, 0.1) is 0 Å². The van der Waals surface area contributed by atoms with Gasteiger partial charge >= 0.3 is 0 Å². The van der Waals surface area contributed by atoms with Gasteiger partial charge in [-0.15, -0.1) is 0 Å². The van der Waals surface area contributed by atoms with Crippen LogP contribution in [0.15, 0.2) is 41.3 Å². The van der Waals surface area contributed by atoms with Crippen LogP contribution < -0.4 is 10.1 Å². The van der Waals surface area contributed by atoms with Gasteiger partial charge in [-0.05, 0) is 36.4 Å². The number of benzene rings is 2. The zero-order valence-corrected chi connectivity index (χ0v) is 17.3. The van der Waals surface area contributed by atoms with Gasteiger partial charge in [-0.25, -0.2) is 8.42 Å². The van der Waals surface area contributed by atoms with E-state index < -0.39 is 15.9 Å². The SMILES string of the molecule is COc1ccc(NC(=O)c2cc(Cl)c(Cl)c(S(=O)(=O)N3CCOCC3)c2)cc1. The summed E-state index contributed by atoms with van der Waals surface area (Å²) in [6.45, 7) is 1.00. The molecule has 0 aliphatic carbocycles. The highest BCUT2D eigenvalue weighted by Crippen LogP contribution is 2.33. The highest BCUT2D eigenvalue weighted by Gasteiger charge is 2.30. The Morgan fingerprint density at radius 1 is 1.14 bits per heavy atom. The Morgan fingerprint density at radius 2 is 1.79 bits per heavy atom. The Bertz CT molecular complexity index is 974. The molecule has 2 aromatic carbocycles. The third kappa shape index (κ3) is 4.42. The van der Waals surface area contributed by atoms with Crippen LogP contribution in [0.4, 0.5) is 5.69 Å². The molecule has 1 fully saturated rings. The number of nitrogens with one attached hydrogen (secondary N) is 1. The van der Waals surface area contributed by atoms with E-state index in [2.05, 4.69) is 5.32 Å². The molecule has 0 unspecified atom stereocenters. The van der Waals surface area contributed by atoms with Crippen LogP contribution >= 0.6 is 23.2 Å². The van der Waals surface area contributed by atoms with Crippen molar-refractivity contribution in [1.29, 1.82) is 0 Å². The summed E-state index contributed by atoms with van der Waals surface area (Å²) in [5.41, 5.74) is 0.603. The molecule has 1 heterocycles. The minimum absolute atomic E-state index is 0.0177. The highest BCUT2D eigenvalue weighted by molar-refractivity contribution is 7.89. The van der Waals surface area contributed by atoms with Crippen molar-refractivity contribution < 1.29 is 22.7 Å². The van der Waals surface area contributed by atoms with E-state index in [9.17, 15) is 13.2 Å².